The molecule has 0 N–H and O–H groups in total. The maximum atomic E-state index is 12.6. The van der Waals surface area contributed by atoms with E-state index in [0.29, 0.717) is 11.9 Å². The van der Waals surface area contributed by atoms with E-state index in [0.717, 1.165) is 63.6 Å². The number of carbonyl (C=O) groups is 1. The van der Waals surface area contributed by atoms with Gasteiger partial charge in [0.1, 0.15) is 5.82 Å². The van der Waals surface area contributed by atoms with Crippen LogP contribution in [-0.2, 0) is 4.79 Å². The summed E-state index contributed by atoms with van der Waals surface area (Å²) >= 11 is 0. The van der Waals surface area contributed by atoms with Gasteiger partial charge in [-0.3, -0.25) is 4.79 Å². The fraction of sp³-hybridized carbons (Fsp3) is 0.778. The lowest BCUT2D eigenvalue weighted by Gasteiger charge is -2.33. The summed E-state index contributed by atoms with van der Waals surface area (Å²) in [6.45, 7) is 7.74. The molecular weight excluding hydrogens is 316 g/mol. The van der Waals surface area contributed by atoms with Crippen LogP contribution in [-0.4, -0.2) is 66.0 Å². The Hall–Kier alpha value is -1.92. The maximum absolute atomic E-state index is 12.6. The van der Waals surface area contributed by atoms with Crippen molar-refractivity contribution in [3.63, 3.8) is 0 Å². The smallest absolute Gasteiger partial charge is 0.230 e. The second kappa shape index (κ2) is 7.54. The normalized spacial score (nSPS) is 18.9. The SMILES string of the molecule is CC(C)c1nc(N(C)C)nc(N2CCC(C(=O)N3CCCC3)CC2)n1. The zero-order valence-corrected chi connectivity index (χ0v) is 15.9. The minimum absolute atomic E-state index is 0.161. The van der Waals surface area contributed by atoms with Crippen LogP contribution < -0.4 is 9.80 Å². The molecule has 0 spiro atoms. The van der Waals surface area contributed by atoms with Gasteiger partial charge in [-0.1, -0.05) is 13.8 Å². The molecule has 2 saturated heterocycles. The van der Waals surface area contributed by atoms with Crippen LogP contribution in [0.5, 0.6) is 0 Å². The molecule has 1 aromatic heterocycles. The molecular formula is C18H30N6O. The van der Waals surface area contributed by atoms with E-state index in [2.05, 4.69) is 33.7 Å². The molecule has 1 amide bonds. The summed E-state index contributed by atoms with van der Waals surface area (Å²) in [7, 11) is 3.90. The monoisotopic (exact) mass is 346 g/mol. The van der Waals surface area contributed by atoms with E-state index in [9.17, 15) is 4.79 Å². The van der Waals surface area contributed by atoms with Gasteiger partial charge in [0.15, 0.2) is 0 Å². The van der Waals surface area contributed by atoms with Gasteiger partial charge in [0.2, 0.25) is 17.8 Å². The fourth-order valence-corrected chi connectivity index (χ4v) is 3.49. The van der Waals surface area contributed by atoms with Crippen LogP contribution in [0.1, 0.15) is 51.3 Å². The molecule has 0 atom stereocenters. The zero-order chi connectivity index (χ0) is 18.0. The summed E-state index contributed by atoms with van der Waals surface area (Å²) in [5, 5.41) is 0. The van der Waals surface area contributed by atoms with Crippen molar-refractivity contribution < 1.29 is 4.79 Å². The molecule has 7 heteroatoms. The van der Waals surface area contributed by atoms with Crippen molar-refractivity contribution in [2.75, 3.05) is 50.1 Å². The van der Waals surface area contributed by atoms with Crippen molar-refractivity contribution in [3.8, 4) is 0 Å². The number of hydrogen-bond donors (Lipinski definition) is 0. The van der Waals surface area contributed by atoms with Gasteiger partial charge in [0.05, 0.1) is 0 Å². The Balaban J connectivity index is 1.68. The number of carbonyl (C=O) groups excluding carboxylic acids is 1. The molecule has 25 heavy (non-hydrogen) atoms. The van der Waals surface area contributed by atoms with Crippen LogP contribution in [0.2, 0.25) is 0 Å². The van der Waals surface area contributed by atoms with Gasteiger partial charge >= 0.3 is 0 Å². The standard InChI is InChI=1S/C18H30N6O/c1-13(2)15-19-17(22(3)4)21-18(20-15)24-11-7-14(8-12-24)16(25)23-9-5-6-10-23/h13-14H,5-12H2,1-4H3. The van der Waals surface area contributed by atoms with Crippen molar-refractivity contribution in [3.05, 3.63) is 5.82 Å². The first-order valence-electron chi connectivity index (χ1n) is 9.42. The summed E-state index contributed by atoms with van der Waals surface area (Å²) in [4.78, 5) is 32.6. The number of nitrogens with zero attached hydrogens (tertiary/aromatic N) is 6. The second-order valence-electron chi connectivity index (χ2n) is 7.64. The Morgan fingerprint density at radius 2 is 1.68 bits per heavy atom. The second-order valence-corrected chi connectivity index (χ2v) is 7.64. The Morgan fingerprint density at radius 1 is 1.04 bits per heavy atom. The Kier molecular flexibility index (Phi) is 5.39. The van der Waals surface area contributed by atoms with Gasteiger partial charge < -0.3 is 14.7 Å². The molecule has 0 aromatic carbocycles. The molecule has 0 aliphatic carbocycles. The van der Waals surface area contributed by atoms with E-state index >= 15 is 0 Å². The molecule has 0 bridgehead atoms. The average molecular weight is 346 g/mol. The number of hydrogen-bond acceptors (Lipinski definition) is 6. The minimum Gasteiger partial charge on any atom is -0.347 e. The third-order valence-electron chi connectivity index (χ3n) is 5.09. The van der Waals surface area contributed by atoms with Crippen LogP contribution in [0.15, 0.2) is 0 Å². The van der Waals surface area contributed by atoms with Crippen LogP contribution in [0.4, 0.5) is 11.9 Å². The largest absolute Gasteiger partial charge is 0.347 e. The first kappa shape index (κ1) is 17.9. The quantitative estimate of drug-likeness (QED) is 0.830. The predicted molar refractivity (Wildman–Crippen MR) is 99.0 cm³/mol. The van der Waals surface area contributed by atoms with Crippen LogP contribution >= 0.6 is 0 Å². The Labute approximate surface area is 150 Å². The average Bonchev–Trinajstić information content (AvgIpc) is 3.15. The molecule has 7 nitrogen and oxygen atoms in total. The Morgan fingerprint density at radius 3 is 2.24 bits per heavy atom. The lowest BCUT2D eigenvalue weighted by molar-refractivity contribution is -0.135. The number of rotatable bonds is 4. The van der Waals surface area contributed by atoms with Gasteiger partial charge in [-0.15, -0.1) is 0 Å². The molecule has 1 aromatic rings. The molecule has 3 rings (SSSR count). The molecule has 2 fully saturated rings. The molecule has 138 valence electrons. The molecule has 2 aliphatic rings. The number of piperidine rings is 1. The molecule has 2 aliphatic heterocycles. The van der Waals surface area contributed by atoms with Gasteiger partial charge in [0.25, 0.3) is 0 Å². The first-order chi connectivity index (χ1) is 12.0. The molecule has 0 radical (unpaired) electrons. The molecule has 0 saturated carbocycles. The van der Waals surface area contributed by atoms with Crippen LogP contribution in [0, 0.1) is 5.92 Å². The van der Waals surface area contributed by atoms with E-state index in [1.54, 1.807) is 0 Å². The summed E-state index contributed by atoms with van der Waals surface area (Å²) in [6.07, 6.45) is 4.08. The lowest BCUT2D eigenvalue weighted by Crippen LogP contribution is -2.42. The third kappa shape index (κ3) is 4.02. The highest BCUT2D eigenvalue weighted by Crippen LogP contribution is 2.25. The summed E-state index contributed by atoms with van der Waals surface area (Å²) in [5.74, 6) is 3.04. The van der Waals surface area contributed by atoms with Gasteiger partial charge in [-0.25, -0.2) is 0 Å². The van der Waals surface area contributed by atoms with Crippen molar-refractivity contribution in [2.45, 2.75) is 45.4 Å². The van der Waals surface area contributed by atoms with Gasteiger partial charge in [-0.05, 0) is 25.7 Å². The Bertz CT molecular complexity index is 577. The zero-order valence-electron chi connectivity index (χ0n) is 15.9. The van der Waals surface area contributed by atoms with E-state index in [1.165, 1.54) is 0 Å². The lowest BCUT2D eigenvalue weighted by atomic mass is 9.95. The van der Waals surface area contributed by atoms with E-state index in [-0.39, 0.29) is 11.8 Å². The predicted octanol–water partition coefficient (Wildman–Crippen LogP) is 1.90. The third-order valence-corrected chi connectivity index (χ3v) is 5.09. The highest BCUT2D eigenvalue weighted by molar-refractivity contribution is 5.79. The molecule has 3 heterocycles. The minimum atomic E-state index is 0.161. The van der Waals surface area contributed by atoms with Crippen molar-refractivity contribution in [1.29, 1.82) is 0 Å². The van der Waals surface area contributed by atoms with E-state index in [1.807, 2.05) is 23.9 Å². The maximum Gasteiger partial charge on any atom is 0.230 e. The summed E-state index contributed by atoms with van der Waals surface area (Å²) in [5.41, 5.74) is 0. The topological polar surface area (TPSA) is 65.5 Å². The van der Waals surface area contributed by atoms with Crippen LogP contribution in [0.3, 0.4) is 0 Å². The van der Waals surface area contributed by atoms with Crippen molar-refractivity contribution >= 4 is 17.8 Å². The highest BCUT2D eigenvalue weighted by Gasteiger charge is 2.31. The number of aromatic nitrogens is 3. The first-order valence-corrected chi connectivity index (χ1v) is 9.42. The highest BCUT2D eigenvalue weighted by atomic mass is 16.2. The van der Waals surface area contributed by atoms with Crippen molar-refractivity contribution in [1.82, 2.24) is 19.9 Å². The van der Waals surface area contributed by atoms with Gasteiger partial charge in [0, 0.05) is 52.1 Å². The number of likely N-dealkylation sites (tertiary alicyclic amines) is 1. The fourth-order valence-electron chi connectivity index (χ4n) is 3.49. The number of anilines is 2. The van der Waals surface area contributed by atoms with E-state index < -0.39 is 0 Å². The van der Waals surface area contributed by atoms with Crippen LogP contribution in [0.25, 0.3) is 0 Å². The number of amides is 1. The van der Waals surface area contributed by atoms with E-state index in [4.69, 9.17) is 0 Å². The summed E-state index contributed by atoms with van der Waals surface area (Å²) in [6, 6.07) is 0. The van der Waals surface area contributed by atoms with Gasteiger partial charge in [-0.2, -0.15) is 15.0 Å². The summed E-state index contributed by atoms with van der Waals surface area (Å²) < 4.78 is 0. The van der Waals surface area contributed by atoms with Crippen molar-refractivity contribution in [2.24, 2.45) is 5.92 Å². The molecule has 0 unspecified atom stereocenters.